The van der Waals surface area contributed by atoms with Crippen LogP contribution in [-0.4, -0.2) is 9.97 Å². The Balaban J connectivity index is 1.35. The van der Waals surface area contributed by atoms with Gasteiger partial charge in [0.1, 0.15) is 5.52 Å². The number of rotatable bonds is 3. The van der Waals surface area contributed by atoms with Crippen molar-refractivity contribution in [3.05, 3.63) is 121 Å². The van der Waals surface area contributed by atoms with Crippen LogP contribution in [0.25, 0.3) is 66.5 Å². The molecule has 0 N–H and O–H groups in total. The first-order valence-corrected chi connectivity index (χ1v) is 11.7. The van der Waals surface area contributed by atoms with E-state index in [2.05, 4.69) is 94.9 Å². The van der Waals surface area contributed by atoms with Gasteiger partial charge in [-0.15, -0.1) is 0 Å². The van der Waals surface area contributed by atoms with Gasteiger partial charge in [0.05, 0.1) is 5.52 Å². The van der Waals surface area contributed by atoms with Crippen LogP contribution in [0.4, 0.5) is 0 Å². The molecule has 0 radical (unpaired) electrons. The minimum Gasteiger partial charge on any atom is -0.436 e. The summed E-state index contributed by atoms with van der Waals surface area (Å²) in [6.45, 7) is 0. The predicted octanol–water partition coefficient (Wildman–Crippen LogP) is 8.53. The fraction of sp³-hybridized carbons (Fsp3) is 0. The molecule has 3 heteroatoms. The first-order chi connectivity index (χ1) is 17.3. The molecule has 0 saturated heterocycles. The molecule has 0 aliphatic rings. The van der Waals surface area contributed by atoms with E-state index in [1.165, 1.54) is 27.5 Å². The van der Waals surface area contributed by atoms with Gasteiger partial charge in [0.2, 0.25) is 5.89 Å². The number of fused-ring (bicyclic) bond motifs is 3. The van der Waals surface area contributed by atoms with E-state index in [1.807, 2.05) is 36.5 Å². The summed E-state index contributed by atoms with van der Waals surface area (Å²) < 4.78 is 5.95. The SMILES string of the molecule is c1ccc2oc(-c3ccc(-c4ccc(-c5cccc6ncccc56)c5ccccc45)cc3)nc2c1. The van der Waals surface area contributed by atoms with Gasteiger partial charge in [0, 0.05) is 17.1 Å². The Bertz CT molecular complexity index is 1810. The zero-order valence-electron chi connectivity index (χ0n) is 18.8. The summed E-state index contributed by atoms with van der Waals surface area (Å²) >= 11 is 0. The third-order valence-electron chi connectivity index (χ3n) is 6.60. The van der Waals surface area contributed by atoms with Gasteiger partial charge in [0.15, 0.2) is 5.58 Å². The van der Waals surface area contributed by atoms with E-state index in [0.29, 0.717) is 5.89 Å². The van der Waals surface area contributed by atoms with Crippen molar-refractivity contribution in [2.24, 2.45) is 0 Å². The van der Waals surface area contributed by atoms with Gasteiger partial charge in [-0.3, -0.25) is 4.98 Å². The normalized spacial score (nSPS) is 11.4. The molecule has 2 aromatic heterocycles. The van der Waals surface area contributed by atoms with Crippen LogP contribution in [-0.2, 0) is 0 Å². The van der Waals surface area contributed by atoms with Gasteiger partial charge in [0.25, 0.3) is 0 Å². The number of benzene rings is 5. The Labute approximate surface area is 202 Å². The van der Waals surface area contributed by atoms with Crippen LogP contribution >= 0.6 is 0 Å². The molecular weight excluding hydrogens is 428 g/mol. The van der Waals surface area contributed by atoms with E-state index in [-0.39, 0.29) is 0 Å². The quantitative estimate of drug-likeness (QED) is 0.272. The summed E-state index contributed by atoms with van der Waals surface area (Å²) in [5.41, 5.74) is 8.42. The topological polar surface area (TPSA) is 38.9 Å². The highest BCUT2D eigenvalue weighted by molar-refractivity contribution is 6.09. The van der Waals surface area contributed by atoms with E-state index in [9.17, 15) is 0 Å². The summed E-state index contributed by atoms with van der Waals surface area (Å²) in [6.07, 6.45) is 1.85. The van der Waals surface area contributed by atoms with E-state index >= 15 is 0 Å². The van der Waals surface area contributed by atoms with Crippen LogP contribution in [0, 0.1) is 0 Å². The Morgan fingerprint density at radius 1 is 0.457 bits per heavy atom. The highest BCUT2D eigenvalue weighted by atomic mass is 16.3. The average molecular weight is 449 g/mol. The third kappa shape index (κ3) is 3.29. The van der Waals surface area contributed by atoms with Gasteiger partial charge in [-0.2, -0.15) is 0 Å². The molecule has 0 spiro atoms. The van der Waals surface area contributed by atoms with E-state index in [4.69, 9.17) is 4.42 Å². The van der Waals surface area contributed by atoms with Gasteiger partial charge in [-0.05, 0) is 69.4 Å². The number of nitrogens with zero attached hydrogens (tertiary/aromatic N) is 2. The van der Waals surface area contributed by atoms with Crippen LogP contribution < -0.4 is 0 Å². The maximum Gasteiger partial charge on any atom is 0.227 e. The molecular formula is C32H20N2O. The molecule has 35 heavy (non-hydrogen) atoms. The number of hydrogen-bond donors (Lipinski definition) is 0. The Kier molecular flexibility index (Phi) is 4.46. The zero-order chi connectivity index (χ0) is 23.2. The molecule has 5 aromatic carbocycles. The Hall–Kier alpha value is -4.76. The van der Waals surface area contributed by atoms with Crippen LogP contribution in [0.3, 0.4) is 0 Å². The maximum atomic E-state index is 5.95. The van der Waals surface area contributed by atoms with Crippen molar-refractivity contribution in [3.63, 3.8) is 0 Å². The lowest BCUT2D eigenvalue weighted by molar-refractivity contribution is 0.620. The molecule has 0 aliphatic heterocycles. The van der Waals surface area contributed by atoms with Crippen LogP contribution in [0.15, 0.2) is 126 Å². The highest BCUT2D eigenvalue weighted by Gasteiger charge is 2.13. The van der Waals surface area contributed by atoms with E-state index < -0.39 is 0 Å². The second-order valence-electron chi connectivity index (χ2n) is 8.65. The standard InChI is InChI=1S/C32H20N2O/c1-2-8-25-24(7-1)23(18-19-27(25)26-9-5-12-29-28(26)10-6-20-33-29)21-14-16-22(17-15-21)32-34-30-11-3-4-13-31(30)35-32/h1-20H. The minimum atomic E-state index is 0.641. The molecule has 7 rings (SSSR count). The maximum absolute atomic E-state index is 5.95. The molecule has 0 amide bonds. The lowest BCUT2D eigenvalue weighted by atomic mass is 9.90. The lowest BCUT2D eigenvalue weighted by Gasteiger charge is -2.14. The summed E-state index contributed by atoms with van der Waals surface area (Å²) in [4.78, 5) is 9.18. The number of oxazole rings is 1. The molecule has 2 heterocycles. The molecule has 0 bridgehead atoms. The monoisotopic (exact) mass is 448 g/mol. The first-order valence-electron chi connectivity index (χ1n) is 11.7. The molecule has 0 unspecified atom stereocenters. The van der Waals surface area contributed by atoms with Gasteiger partial charge >= 0.3 is 0 Å². The van der Waals surface area contributed by atoms with Gasteiger partial charge in [-0.1, -0.05) is 78.9 Å². The van der Waals surface area contributed by atoms with Crippen LogP contribution in [0.5, 0.6) is 0 Å². The Morgan fingerprint density at radius 3 is 1.97 bits per heavy atom. The number of hydrogen-bond acceptors (Lipinski definition) is 3. The molecule has 3 nitrogen and oxygen atoms in total. The second kappa shape index (κ2) is 7.93. The zero-order valence-corrected chi connectivity index (χ0v) is 18.8. The van der Waals surface area contributed by atoms with Gasteiger partial charge in [-0.25, -0.2) is 4.98 Å². The summed E-state index contributed by atoms with van der Waals surface area (Å²) in [6, 6.07) is 39.8. The predicted molar refractivity (Wildman–Crippen MR) is 143 cm³/mol. The first kappa shape index (κ1) is 19.7. The van der Waals surface area contributed by atoms with Crippen molar-refractivity contribution >= 4 is 32.8 Å². The number of pyridine rings is 1. The molecule has 0 saturated carbocycles. The number of para-hydroxylation sites is 2. The van der Waals surface area contributed by atoms with Crippen molar-refractivity contribution in [1.29, 1.82) is 0 Å². The largest absolute Gasteiger partial charge is 0.436 e. The molecule has 7 aromatic rings. The minimum absolute atomic E-state index is 0.641. The average Bonchev–Trinajstić information content (AvgIpc) is 3.37. The summed E-state index contributed by atoms with van der Waals surface area (Å²) in [5.74, 6) is 0.641. The van der Waals surface area contributed by atoms with Crippen LogP contribution in [0.1, 0.15) is 0 Å². The smallest absolute Gasteiger partial charge is 0.227 e. The molecule has 0 fully saturated rings. The fourth-order valence-corrected chi connectivity index (χ4v) is 4.91. The van der Waals surface area contributed by atoms with Gasteiger partial charge < -0.3 is 4.42 Å². The Morgan fingerprint density at radius 2 is 1.11 bits per heavy atom. The molecule has 0 atom stereocenters. The summed E-state index contributed by atoms with van der Waals surface area (Å²) in [7, 11) is 0. The van der Waals surface area contributed by atoms with Crippen LogP contribution in [0.2, 0.25) is 0 Å². The third-order valence-corrected chi connectivity index (χ3v) is 6.60. The number of aromatic nitrogens is 2. The van der Waals surface area contributed by atoms with Crippen molar-refractivity contribution in [2.75, 3.05) is 0 Å². The van der Waals surface area contributed by atoms with Crippen molar-refractivity contribution in [1.82, 2.24) is 9.97 Å². The fourth-order valence-electron chi connectivity index (χ4n) is 4.91. The van der Waals surface area contributed by atoms with Crippen molar-refractivity contribution < 1.29 is 4.42 Å². The second-order valence-corrected chi connectivity index (χ2v) is 8.65. The lowest BCUT2D eigenvalue weighted by Crippen LogP contribution is -1.88. The summed E-state index contributed by atoms with van der Waals surface area (Å²) in [5, 5.41) is 3.61. The highest BCUT2D eigenvalue weighted by Crippen LogP contribution is 2.38. The molecule has 164 valence electrons. The van der Waals surface area contributed by atoms with E-state index in [1.54, 1.807) is 0 Å². The molecule has 0 aliphatic carbocycles. The van der Waals surface area contributed by atoms with E-state index in [0.717, 1.165) is 33.1 Å². The van der Waals surface area contributed by atoms with Crippen molar-refractivity contribution in [3.8, 4) is 33.7 Å². The van der Waals surface area contributed by atoms with Crippen molar-refractivity contribution in [2.45, 2.75) is 0 Å².